The van der Waals surface area contributed by atoms with E-state index in [9.17, 15) is 0 Å². The van der Waals surface area contributed by atoms with Crippen molar-refractivity contribution in [3.8, 4) is 0 Å². The molecule has 1 unspecified atom stereocenters. The second-order valence-corrected chi connectivity index (χ2v) is 5.19. The highest BCUT2D eigenvalue weighted by molar-refractivity contribution is 5.30. The van der Waals surface area contributed by atoms with Crippen molar-refractivity contribution in [2.45, 2.75) is 51.2 Å². The van der Waals surface area contributed by atoms with E-state index in [4.69, 9.17) is 4.74 Å². The van der Waals surface area contributed by atoms with Gasteiger partial charge in [0, 0.05) is 25.4 Å². The van der Waals surface area contributed by atoms with Crippen LogP contribution in [0, 0.1) is 6.92 Å². The first kappa shape index (κ1) is 11.1. The van der Waals surface area contributed by atoms with Crippen molar-refractivity contribution < 1.29 is 4.74 Å². The van der Waals surface area contributed by atoms with Gasteiger partial charge in [-0.15, -0.1) is 0 Å². The molecule has 2 aliphatic rings. The van der Waals surface area contributed by atoms with E-state index in [1.54, 1.807) is 0 Å². The zero-order valence-electron chi connectivity index (χ0n) is 10.5. The predicted molar refractivity (Wildman–Crippen MR) is 67.3 cm³/mol. The van der Waals surface area contributed by atoms with Crippen LogP contribution in [0.2, 0.25) is 0 Å². The van der Waals surface area contributed by atoms with E-state index in [0.717, 1.165) is 31.2 Å². The van der Waals surface area contributed by atoms with Gasteiger partial charge in [0.05, 0.1) is 11.8 Å². The van der Waals surface area contributed by atoms with Crippen molar-refractivity contribution in [3.05, 3.63) is 11.9 Å². The topological polar surface area (TPSA) is 39.1 Å². The Kier molecular flexibility index (Phi) is 3.05. The smallest absolute Gasteiger partial charge is 0.203 e. The summed E-state index contributed by atoms with van der Waals surface area (Å²) >= 11 is 0. The first-order valence-corrected chi connectivity index (χ1v) is 6.74. The largest absolute Gasteiger partial charge is 0.378 e. The molecule has 17 heavy (non-hydrogen) atoms. The number of hydrogen-bond donors (Lipinski definition) is 1. The molecule has 0 bridgehead atoms. The van der Waals surface area contributed by atoms with Gasteiger partial charge in [-0.2, -0.15) is 0 Å². The lowest BCUT2D eigenvalue weighted by molar-refractivity contribution is 0.107. The van der Waals surface area contributed by atoms with Gasteiger partial charge in [0.15, 0.2) is 0 Å². The van der Waals surface area contributed by atoms with Crippen molar-refractivity contribution in [1.29, 1.82) is 0 Å². The lowest BCUT2D eigenvalue weighted by Crippen LogP contribution is -2.14. The van der Waals surface area contributed by atoms with Crippen molar-refractivity contribution in [3.63, 3.8) is 0 Å². The van der Waals surface area contributed by atoms with Crippen LogP contribution in [0.15, 0.2) is 6.20 Å². The van der Waals surface area contributed by atoms with E-state index in [1.807, 2.05) is 0 Å². The maximum Gasteiger partial charge on any atom is 0.203 e. The molecular formula is C13H21N3O. The van der Waals surface area contributed by atoms with Crippen LogP contribution in [0.4, 0.5) is 5.95 Å². The molecule has 2 heterocycles. The third-order valence-corrected chi connectivity index (χ3v) is 3.57. The Hall–Kier alpha value is -1.03. The molecule has 1 atom stereocenters. The molecule has 0 amide bonds. The lowest BCUT2D eigenvalue weighted by atomic mass is 10.2. The van der Waals surface area contributed by atoms with Crippen molar-refractivity contribution in [2.75, 3.05) is 18.5 Å². The van der Waals surface area contributed by atoms with Crippen LogP contribution in [0.25, 0.3) is 0 Å². The average Bonchev–Trinajstić information content (AvgIpc) is 2.90. The number of rotatable bonds is 5. The molecule has 1 aromatic rings. The van der Waals surface area contributed by atoms with Crippen LogP contribution in [0.5, 0.6) is 0 Å². The van der Waals surface area contributed by atoms with Crippen molar-refractivity contribution in [1.82, 2.24) is 9.55 Å². The average molecular weight is 235 g/mol. The Balaban J connectivity index is 1.53. The third kappa shape index (κ3) is 2.63. The van der Waals surface area contributed by atoms with Gasteiger partial charge in [0.25, 0.3) is 0 Å². The molecule has 3 rings (SSSR count). The molecular weight excluding hydrogens is 214 g/mol. The second-order valence-electron chi connectivity index (χ2n) is 5.19. The van der Waals surface area contributed by atoms with Crippen LogP contribution in [0.3, 0.4) is 0 Å². The first-order chi connectivity index (χ1) is 8.33. The van der Waals surface area contributed by atoms with Gasteiger partial charge in [-0.05, 0) is 39.0 Å². The number of nitrogens with one attached hydrogen (secondary N) is 1. The number of ether oxygens (including phenoxy) is 1. The van der Waals surface area contributed by atoms with E-state index in [2.05, 4.69) is 28.0 Å². The van der Waals surface area contributed by atoms with Gasteiger partial charge >= 0.3 is 0 Å². The fourth-order valence-corrected chi connectivity index (χ4v) is 2.49. The molecule has 2 fully saturated rings. The molecule has 1 N–H and O–H groups in total. The molecule has 0 radical (unpaired) electrons. The Bertz CT molecular complexity index is 378. The molecule has 1 aliphatic heterocycles. The van der Waals surface area contributed by atoms with Gasteiger partial charge in [-0.25, -0.2) is 4.98 Å². The number of hydrogen-bond acceptors (Lipinski definition) is 3. The van der Waals surface area contributed by atoms with E-state index >= 15 is 0 Å². The highest BCUT2D eigenvalue weighted by Crippen LogP contribution is 2.37. The van der Waals surface area contributed by atoms with E-state index in [0.29, 0.717) is 12.1 Å². The summed E-state index contributed by atoms with van der Waals surface area (Å²) < 4.78 is 7.92. The van der Waals surface area contributed by atoms with Crippen LogP contribution >= 0.6 is 0 Å². The summed E-state index contributed by atoms with van der Waals surface area (Å²) in [6.07, 6.45) is 8.76. The standard InChI is InChI=1S/C13H21N3O/c1-10-9-16(11-4-5-11)13(15-10)14-7-6-12-3-2-8-17-12/h9,11-12H,2-8H2,1H3,(H,14,15). The molecule has 94 valence electrons. The zero-order valence-corrected chi connectivity index (χ0v) is 10.5. The minimum atomic E-state index is 0.466. The summed E-state index contributed by atoms with van der Waals surface area (Å²) in [5.74, 6) is 1.04. The molecule has 0 aromatic carbocycles. The van der Waals surface area contributed by atoms with Crippen LogP contribution in [-0.4, -0.2) is 28.8 Å². The van der Waals surface area contributed by atoms with Gasteiger partial charge in [0.2, 0.25) is 5.95 Å². The summed E-state index contributed by atoms with van der Waals surface area (Å²) in [4.78, 5) is 4.55. The van der Waals surface area contributed by atoms with Gasteiger partial charge < -0.3 is 14.6 Å². The summed E-state index contributed by atoms with van der Waals surface area (Å²) in [7, 11) is 0. The Morgan fingerprint density at radius 3 is 3.06 bits per heavy atom. The second kappa shape index (κ2) is 4.69. The summed E-state index contributed by atoms with van der Waals surface area (Å²) in [6, 6.07) is 0.696. The normalized spacial score (nSPS) is 24.2. The zero-order chi connectivity index (χ0) is 11.7. The Morgan fingerprint density at radius 2 is 2.35 bits per heavy atom. The summed E-state index contributed by atoms with van der Waals surface area (Å²) in [6.45, 7) is 3.97. The van der Waals surface area contributed by atoms with Crippen LogP contribution in [0.1, 0.15) is 43.8 Å². The number of imidazole rings is 1. The first-order valence-electron chi connectivity index (χ1n) is 6.74. The van der Waals surface area contributed by atoms with Crippen LogP contribution in [-0.2, 0) is 4.74 Å². The van der Waals surface area contributed by atoms with Crippen LogP contribution < -0.4 is 5.32 Å². The summed E-state index contributed by atoms with van der Waals surface area (Å²) in [5.41, 5.74) is 1.11. The summed E-state index contributed by atoms with van der Waals surface area (Å²) in [5, 5.41) is 3.45. The maximum absolute atomic E-state index is 5.62. The molecule has 4 nitrogen and oxygen atoms in total. The molecule has 1 saturated heterocycles. The van der Waals surface area contributed by atoms with Gasteiger partial charge in [-0.1, -0.05) is 0 Å². The van der Waals surface area contributed by atoms with E-state index in [-0.39, 0.29) is 0 Å². The number of aryl methyl sites for hydroxylation is 1. The minimum absolute atomic E-state index is 0.466. The lowest BCUT2D eigenvalue weighted by Gasteiger charge is -2.11. The third-order valence-electron chi connectivity index (χ3n) is 3.57. The Morgan fingerprint density at radius 1 is 1.47 bits per heavy atom. The molecule has 1 aliphatic carbocycles. The molecule has 0 spiro atoms. The molecule has 1 aromatic heterocycles. The fourth-order valence-electron chi connectivity index (χ4n) is 2.49. The quantitative estimate of drug-likeness (QED) is 0.852. The maximum atomic E-state index is 5.62. The molecule has 1 saturated carbocycles. The number of nitrogens with zero attached hydrogens (tertiary/aromatic N) is 2. The highest BCUT2D eigenvalue weighted by Gasteiger charge is 2.26. The Labute approximate surface area is 102 Å². The minimum Gasteiger partial charge on any atom is -0.378 e. The van der Waals surface area contributed by atoms with Gasteiger partial charge in [-0.3, -0.25) is 0 Å². The van der Waals surface area contributed by atoms with Gasteiger partial charge in [0.1, 0.15) is 0 Å². The van der Waals surface area contributed by atoms with Crippen molar-refractivity contribution in [2.24, 2.45) is 0 Å². The SMILES string of the molecule is Cc1cn(C2CC2)c(NCCC2CCCO2)n1. The van der Waals surface area contributed by atoms with Crippen molar-refractivity contribution >= 4 is 5.95 Å². The molecule has 4 heteroatoms. The van der Waals surface area contributed by atoms with E-state index < -0.39 is 0 Å². The highest BCUT2D eigenvalue weighted by atomic mass is 16.5. The monoisotopic (exact) mass is 235 g/mol. The number of anilines is 1. The van der Waals surface area contributed by atoms with E-state index in [1.165, 1.54) is 25.7 Å². The fraction of sp³-hybridized carbons (Fsp3) is 0.769. The number of aromatic nitrogens is 2. The predicted octanol–water partition coefficient (Wildman–Crippen LogP) is 2.51.